The molecule has 1 unspecified atom stereocenters. The van der Waals surface area contributed by atoms with Crippen molar-refractivity contribution in [3.05, 3.63) is 96.6 Å². The van der Waals surface area contributed by atoms with Crippen LogP contribution in [0.3, 0.4) is 0 Å². The van der Waals surface area contributed by atoms with Gasteiger partial charge in [-0.2, -0.15) is 0 Å². The Labute approximate surface area is 141 Å². The maximum Gasteiger partial charge on any atom is 0.312 e. The van der Waals surface area contributed by atoms with Crippen molar-refractivity contribution in [2.24, 2.45) is 0 Å². The van der Waals surface area contributed by atoms with Crippen LogP contribution in [0.2, 0.25) is 0 Å². The summed E-state index contributed by atoms with van der Waals surface area (Å²) in [5, 5.41) is 9.74. The van der Waals surface area contributed by atoms with Gasteiger partial charge in [-0.3, -0.25) is 4.79 Å². The average molecular weight is 317 g/mol. The number of rotatable bonds is 6. The average Bonchev–Trinajstić information content (AvgIpc) is 2.64. The van der Waals surface area contributed by atoms with Gasteiger partial charge < -0.3 is 10.0 Å². The second-order valence-corrected chi connectivity index (χ2v) is 5.58. The molecule has 0 aliphatic heterocycles. The lowest BCUT2D eigenvalue weighted by molar-refractivity contribution is -0.138. The number of nitrogens with zero attached hydrogens (tertiary/aromatic N) is 1. The van der Waals surface area contributed by atoms with Crippen molar-refractivity contribution >= 4 is 17.3 Å². The summed E-state index contributed by atoms with van der Waals surface area (Å²) in [7, 11) is 0. The van der Waals surface area contributed by atoms with Gasteiger partial charge in [0, 0.05) is 17.9 Å². The molecule has 3 nitrogen and oxygen atoms in total. The van der Waals surface area contributed by atoms with Crippen molar-refractivity contribution in [2.75, 3.05) is 11.4 Å². The first-order valence-electron chi connectivity index (χ1n) is 7.91. The standard InChI is InChI=1S/C21H19NO2/c23-21(24)20(17-10-4-1-5-11-17)16-22(18-12-6-2-7-13-18)19-14-8-3-9-15-19/h1-15,20H,16H2,(H,23,24). The summed E-state index contributed by atoms with van der Waals surface area (Å²) in [6, 6.07) is 29.1. The molecule has 0 fully saturated rings. The molecular weight excluding hydrogens is 298 g/mol. The number of para-hydroxylation sites is 2. The number of aliphatic carboxylic acids is 1. The summed E-state index contributed by atoms with van der Waals surface area (Å²) in [6.07, 6.45) is 0. The third-order valence-electron chi connectivity index (χ3n) is 4.00. The van der Waals surface area contributed by atoms with Crippen molar-refractivity contribution in [3.63, 3.8) is 0 Å². The summed E-state index contributed by atoms with van der Waals surface area (Å²) < 4.78 is 0. The topological polar surface area (TPSA) is 40.5 Å². The molecule has 3 aromatic carbocycles. The normalized spacial score (nSPS) is 11.7. The van der Waals surface area contributed by atoms with Gasteiger partial charge in [0.2, 0.25) is 0 Å². The lowest BCUT2D eigenvalue weighted by Gasteiger charge is -2.28. The van der Waals surface area contributed by atoms with Gasteiger partial charge in [-0.15, -0.1) is 0 Å². The molecule has 3 aromatic rings. The Morgan fingerprint density at radius 3 is 1.58 bits per heavy atom. The van der Waals surface area contributed by atoms with Crippen molar-refractivity contribution < 1.29 is 9.90 Å². The summed E-state index contributed by atoms with van der Waals surface area (Å²) in [6.45, 7) is 0.368. The van der Waals surface area contributed by atoms with Gasteiger partial charge in [-0.1, -0.05) is 66.7 Å². The Morgan fingerprint density at radius 1 is 0.750 bits per heavy atom. The number of carbonyl (C=O) groups is 1. The fourth-order valence-corrected chi connectivity index (χ4v) is 2.77. The Bertz CT molecular complexity index is 733. The van der Waals surface area contributed by atoms with Crippen LogP contribution in [0.25, 0.3) is 0 Å². The van der Waals surface area contributed by atoms with Crippen molar-refractivity contribution in [1.29, 1.82) is 0 Å². The second-order valence-electron chi connectivity index (χ2n) is 5.58. The molecule has 120 valence electrons. The van der Waals surface area contributed by atoms with Crippen molar-refractivity contribution in [2.45, 2.75) is 5.92 Å². The van der Waals surface area contributed by atoms with E-state index in [9.17, 15) is 9.90 Å². The van der Waals surface area contributed by atoms with E-state index in [4.69, 9.17) is 0 Å². The summed E-state index contributed by atoms with van der Waals surface area (Å²) in [5.41, 5.74) is 2.76. The molecule has 0 saturated carbocycles. The van der Waals surface area contributed by atoms with Crippen LogP contribution in [0, 0.1) is 0 Å². The molecule has 3 rings (SSSR count). The number of hydrogen-bond donors (Lipinski definition) is 1. The van der Waals surface area contributed by atoms with E-state index in [0.717, 1.165) is 16.9 Å². The van der Waals surface area contributed by atoms with Crippen LogP contribution in [0.4, 0.5) is 11.4 Å². The van der Waals surface area contributed by atoms with Crippen LogP contribution in [-0.2, 0) is 4.79 Å². The molecule has 0 aromatic heterocycles. The van der Waals surface area contributed by atoms with Crippen molar-refractivity contribution in [1.82, 2.24) is 0 Å². The number of hydrogen-bond acceptors (Lipinski definition) is 2. The van der Waals surface area contributed by atoms with E-state index in [1.807, 2.05) is 95.9 Å². The van der Waals surface area contributed by atoms with Gasteiger partial charge in [-0.25, -0.2) is 0 Å². The fourth-order valence-electron chi connectivity index (χ4n) is 2.77. The van der Waals surface area contributed by atoms with Gasteiger partial charge in [0.05, 0.1) is 5.92 Å². The van der Waals surface area contributed by atoms with Crippen LogP contribution >= 0.6 is 0 Å². The summed E-state index contributed by atoms with van der Waals surface area (Å²) in [4.78, 5) is 13.9. The van der Waals surface area contributed by atoms with Crippen LogP contribution in [0.5, 0.6) is 0 Å². The zero-order valence-corrected chi connectivity index (χ0v) is 13.2. The molecule has 0 aliphatic rings. The molecule has 1 atom stereocenters. The summed E-state index contributed by atoms with van der Waals surface area (Å²) in [5.74, 6) is -1.43. The maximum atomic E-state index is 11.9. The molecular formula is C21H19NO2. The highest BCUT2D eigenvalue weighted by atomic mass is 16.4. The maximum absolute atomic E-state index is 11.9. The molecule has 0 saturated heterocycles. The van der Waals surface area contributed by atoms with Crippen LogP contribution in [-0.4, -0.2) is 17.6 Å². The first-order chi connectivity index (χ1) is 11.8. The fraction of sp³-hybridized carbons (Fsp3) is 0.0952. The second kappa shape index (κ2) is 7.47. The third-order valence-corrected chi connectivity index (χ3v) is 4.00. The van der Waals surface area contributed by atoms with E-state index < -0.39 is 11.9 Å². The minimum absolute atomic E-state index is 0.368. The van der Waals surface area contributed by atoms with E-state index in [2.05, 4.69) is 0 Å². The number of carboxylic acids is 1. The Kier molecular flexibility index (Phi) is 4.92. The van der Waals surface area contributed by atoms with Gasteiger partial charge in [0.25, 0.3) is 0 Å². The number of benzene rings is 3. The largest absolute Gasteiger partial charge is 0.481 e. The van der Waals surface area contributed by atoms with E-state index in [1.54, 1.807) is 0 Å². The van der Waals surface area contributed by atoms with Crippen LogP contribution < -0.4 is 4.90 Å². The molecule has 0 bridgehead atoms. The molecule has 0 heterocycles. The van der Waals surface area contributed by atoms with Gasteiger partial charge in [-0.05, 0) is 29.8 Å². The SMILES string of the molecule is O=C(O)C(CN(c1ccccc1)c1ccccc1)c1ccccc1. The van der Waals surface area contributed by atoms with Crippen LogP contribution in [0.1, 0.15) is 11.5 Å². The molecule has 0 radical (unpaired) electrons. The highest BCUT2D eigenvalue weighted by molar-refractivity contribution is 5.78. The van der Waals surface area contributed by atoms with Crippen molar-refractivity contribution in [3.8, 4) is 0 Å². The summed E-state index contributed by atoms with van der Waals surface area (Å²) >= 11 is 0. The number of carboxylic acid groups (broad SMARTS) is 1. The molecule has 0 aliphatic carbocycles. The van der Waals surface area contributed by atoms with E-state index in [-0.39, 0.29) is 0 Å². The highest BCUT2D eigenvalue weighted by Gasteiger charge is 2.24. The lowest BCUT2D eigenvalue weighted by Crippen LogP contribution is -2.28. The minimum atomic E-state index is -0.821. The van der Waals surface area contributed by atoms with Gasteiger partial charge in [0.15, 0.2) is 0 Å². The molecule has 0 spiro atoms. The third kappa shape index (κ3) is 3.63. The predicted octanol–water partition coefficient (Wildman–Crippen LogP) is 4.69. The zero-order valence-electron chi connectivity index (χ0n) is 13.2. The Balaban J connectivity index is 1.98. The Hall–Kier alpha value is -3.07. The first-order valence-corrected chi connectivity index (χ1v) is 7.91. The van der Waals surface area contributed by atoms with E-state index >= 15 is 0 Å². The number of anilines is 2. The minimum Gasteiger partial charge on any atom is -0.481 e. The first kappa shape index (κ1) is 15.8. The monoisotopic (exact) mass is 317 g/mol. The van der Waals surface area contributed by atoms with E-state index in [0.29, 0.717) is 6.54 Å². The molecule has 3 heteroatoms. The predicted molar refractivity (Wildman–Crippen MR) is 96.7 cm³/mol. The Morgan fingerprint density at radius 2 is 1.17 bits per heavy atom. The molecule has 0 amide bonds. The van der Waals surface area contributed by atoms with Gasteiger partial charge in [0.1, 0.15) is 0 Å². The molecule has 1 N–H and O–H groups in total. The highest BCUT2D eigenvalue weighted by Crippen LogP contribution is 2.29. The zero-order chi connectivity index (χ0) is 16.8. The lowest BCUT2D eigenvalue weighted by atomic mass is 9.98. The van der Waals surface area contributed by atoms with Crippen LogP contribution in [0.15, 0.2) is 91.0 Å². The van der Waals surface area contributed by atoms with E-state index in [1.165, 1.54) is 0 Å². The molecule has 24 heavy (non-hydrogen) atoms. The quantitative estimate of drug-likeness (QED) is 0.717. The smallest absolute Gasteiger partial charge is 0.312 e. The van der Waals surface area contributed by atoms with Gasteiger partial charge >= 0.3 is 5.97 Å².